The number of carbonyl (C=O) groups is 3. The van der Waals surface area contributed by atoms with Crippen molar-refractivity contribution in [3.63, 3.8) is 0 Å². The summed E-state index contributed by atoms with van der Waals surface area (Å²) in [5.41, 5.74) is 2.70. The number of urea groups is 1. The van der Waals surface area contributed by atoms with E-state index in [1.165, 1.54) is 18.2 Å². The van der Waals surface area contributed by atoms with Gasteiger partial charge >= 0.3 is 6.03 Å². The summed E-state index contributed by atoms with van der Waals surface area (Å²) >= 11 is 0. The zero-order valence-corrected chi connectivity index (χ0v) is 13.9. The van der Waals surface area contributed by atoms with Crippen molar-refractivity contribution in [1.82, 2.24) is 15.2 Å². The first-order chi connectivity index (χ1) is 12.3. The van der Waals surface area contributed by atoms with Crippen molar-refractivity contribution in [3.05, 3.63) is 63.0 Å². The van der Waals surface area contributed by atoms with Crippen molar-refractivity contribution in [2.75, 3.05) is 0 Å². The maximum Gasteiger partial charge on any atom is 0.328 e. The van der Waals surface area contributed by atoms with E-state index in [1.807, 2.05) is 22.1 Å². The van der Waals surface area contributed by atoms with Gasteiger partial charge in [0.25, 0.3) is 17.5 Å². The molecule has 1 aromatic carbocycles. The van der Waals surface area contributed by atoms with Gasteiger partial charge in [-0.15, -0.1) is 0 Å². The molecule has 9 heteroatoms. The van der Waals surface area contributed by atoms with E-state index >= 15 is 0 Å². The summed E-state index contributed by atoms with van der Waals surface area (Å²) in [7, 11) is 0. The van der Waals surface area contributed by atoms with Crippen molar-refractivity contribution in [2.24, 2.45) is 0 Å². The molecule has 0 radical (unpaired) electrons. The van der Waals surface area contributed by atoms with Crippen LogP contribution in [-0.4, -0.2) is 27.3 Å². The van der Waals surface area contributed by atoms with Crippen LogP contribution in [0.15, 0.2) is 35.9 Å². The molecule has 0 aliphatic carbocycles. The van der Waals surface area contributed by atoms with Gasteiger partial charge in [-0.05, 0) is 43.7 Å². The van der Waals surface area contributed by atoms with Crippen molar-refractivity contribution in [2.45, 2.75) is 13.8 Å². The molecule has 2 N–H and O–H groups in total. The Labute approximate surface area is 147 Å². The molecule has 132 valence electrons. The lowest BCUT2D eigenvalue weighted by Crippen LogP contribution is -2.51. The number of rotatable bonds is 3. The standard InChI is InChI=1S/C17H14N4O5/c1-9-7-11(8-14-15(22)18-17(24)19-16(14)23)10(2)20(9)12-3-5-13(6-4-12)21(25)26/h3-8H,1-2H3,(H2,18,19,22,23,24). The molecule has 0 bridgehead atoms. The van der Waals surface area contributed by atoms with Gasteiger partial charge in [-0.1, -0.05) is 0 Å². The fourth-order valence-electron chi connectivity index (χ4n) is 2.82. The third-order valence-corrected chi connectivity index (χ3v) is 4.03. The van der Waals surface area contributed by atoms with Gasteiger partial charge in [-0.3, -0.25) is 30.3 Å². The van der Waals surface area contributed by atoms with Crippen molar-refractivity contribution < 1.29 is 19.3 Å². The number of nitrogens with zero attached hydrogens (tertiary/aromatic N) is 2. The van der Waals surface area contributed by atoms with Gasteiger partial charge in [-0.2, -0.15) is 0 Å². The molecule has 26 heavy (non-hydrogen) atoms. The molecule has 0 saturated carbocycles. The summed E-state index contributed by atoms with van der Waals surface area (Å²) in [5.74, 6) is -1.53. The van der Waals surface area contributed by atoms with Crippen LogP contribution in [-0.2, 0) is 9.59 Å². The Morgan fingerprint density at radius 2 is 1.62 bits per heavy atom. The van der Waals surface area contributed by atoms with Crippen LogP contribution in [0.1, 0.15) is 17.0 Å². The maximum absolute atomic E-state index is 11.9. The number of non-ortho nitro benzene ring substituents is 1. The monoisotopic (exact) mass is 354 g/mol. The summed E-state index contributed by atoms with van der Waals surface area (Å²) < 4.78 is 1.85. The second-order valence-corrected chi connectivity index (χ2v) is 5.73. The Morgan fingerprint density at radius 3 is 2.15 bits per heavy atom. The van der Waals surface area contributed by atoms with Crippen molar-refractivity contribution in [3.8, 4) is 5.69 Å². The number of imide groups is 2. The Hall–Kier alpha value is -3.75. The Bertz CT molecular complexity index is 963. The van der Waals surface area contributed by atoms with Gasteiger partial charge in [0.1, 0.15) is 5.57 Å². The normalized spacial score (nSPS) is 14.1. The smallest absolute Gasteiger partial charge is 0.318 e. The minimum atomic E-state index is -0.853. The topological polar surface area (TPSA) is 123 Å². The molecular formula is C17H14N4O5. The quantitative estimate of drug-likeness (QED) is 0.376. The zero-order chi connectivity index (χ0) is 19.0. The van der Waals surface area contributed by atoms with Crippen molar-refractivity contribution >= 4 is 29.6 Å². The highest BCUT2D eigenvalue weighted by Gasteiger charge is 2.28. The molecule has 2 aromatic rings. The van der Waals surface area contributed by atoms with Gasteiger partial charge < -0.3 is 4.57 Å². The van der Waals surface area contributed by atoms with Crippen LogP contribution < -0.4 is 10.6 Å². The number of aromatic nitrogens is 1. The van der Waals surface area contributed by atoms with Crippen LogP contribution in [0, 0.1) is 24.0 Å². The van der Waals surface area contributed by atoms with Gasteiger partial charge in [-0.25, -0.2) is 4.79 Å². The highest BCUT2D eigenvalue weighted by atomic mass is 16.6. The Balaban J connectivity index is 2.02. The average molecular weight is 354 g/mol. The summed E-state index contributed by atoms with van der Waals surface area (Å²) in [5, 5.41) is 14.8. The van der Waals surface area contributed by atoms with E-state index < -0.39 is 22.8 Å². The molecular weight excluding hydrogens is 340 g/mol. The largest absolute Gasteiger partial charge is 0.328 e. The van der Waals surface area contributed by atoms with Gasteiger partial charge in [0, 0.05) is 29.2 Å². The summed E-state index contributed by atoms with van der Waals surface area (Å²) in [4.78, 5) is 45.2. The first-order valence-electron chi connectivity index (χ1n) is 7.60. The predicted molar refractivity (Wildman–Crippen MR) is 91.6 cm³/mol. The van der Waals surface area contributed by atoms with Crippen LogP contribution in [0.4, 0.5) is 10.5 Å². The molecule has 1 aliphatic heterocycles. The van der Waals surface area contributed by atoms with E-state index in [0.717, 1.165) is 11.4 Å². The number of hydrogen-bond donors (Lipinski definition) is 2. The lowest BCUT2D eigenvalue weighted by molar-refractivity contribution is -0.384. The van der Waals surface area contributed by atoms with E-state index in [4.69, 9.17) is 0 Å². The molecule has 1 aliphatic rings. The molecule has 1 saturated heterocycles. The molecule has 3 rings (SSSR count). The number of aryl methyl sites for hydroxylation is 1. The third-order valence-electron chi connectivity index (χ3n) is 4.03. The number of amides is 4. The minimum Gasteiger partial charge on any atom is -0.318 e. The number of nitro benzene ring substituents is 1. The minimum absolute atomic E-state index is 0.0150. The molecule has 2 heterocycles. The fraction of sp³-hybridized carbons (Fsp3) is 0.118. The molecule has 9 nitrogen and oxygen atoms in total. The van der Waals surface area contributed by atoms with Crippen LogP contribution in [0.2, 0.25) is 0 Å². The van der Waals surface area contributed by atoms with Crippen LogP contribution in [0.25, 0.3) is 11.8 Å². The van der Waals surface area contributed by atoms with E-state index in [1.54, 1.807) is 25.1 Å². The molecule has 0 unspecified atom stereocenters. The molecule has 1 fully saturated rings. The lowest BCUT2D eigenvalue weighted by atomic mass is 10.1. The van der Waals surface area contributed by atoms with Crippen molar-refractivity contribution in [1.29, 1.82) is 0 Å². The Morgan fingerprint density at radius 1 is 1.04 bits per heavy atom. The summed E-state index contributed by atoms with van der Waals surface area (Å²) in [6.07, 6.45) is 1.40. The number of benzene rings is 1. The number of nitro groups is 1. The third kappa shape index (κ3) is 2.97. The molecule has 1 aromatic heterocycles. The van der Waals surface area contributed by atoms with Crippen LogP contribution in [0.3, 0.4) is 0 Å². The first-order valence-corrected chi connectivity index (χ1v) is 7.60. The second-order valence-electron chi connectivity index (χ2n) is 5.73. The van der Waals surface area contributed by atoms with E-state index in [2.05, 4.69) is 0 Å². The average Bonchev–Trinajstić information content (AvgIpc) is 2.84. The molecule has 4 amide bonds. The second kappa shape index (κ2) is 6.28. The summed E-state index contributed by atoms with van der Waals surface area (Å²) in [6, 6.07) is 6.97. The highest BCUT2D eigenvalue weighted by Crippen LogP contribution is 2.24. The number of carbonyl (C=O) groups excluding carboxylic acids is 3. The van der Waals surface area contributed by atoms with Gasteiger partial charge in [0.05, 0.1) is 4.92 Å². The number of hydrogen-bond acceptors (Lipinski definition) is 5. The molecule has 0 atom stereocenters. The van der Waals surface area contributed by atoms with Gasteiger partial charge in [0.15, 0.2) is 0 Å². The van der Waals surface area contributed by atoms with E-state index in [-0.39, 0.29) is 11.3 Å². The number of nitrogens with one attached hydrogen (secondary N) is 2. The molecule has 0 spiro atoms. The van der Waals surface area contributed by atoms with Crippen LogP contribution in [0.5, 0.6) is 0 Å². The van der Waals surface area contributed by atoms with E-state index in [9.17, 15) is 24.5 Å². The lowest BCUT2D eigenvalue weighted by Gasteiger charge is -2.14. The summed E-state index contributed by atoms with van der Waals surface area (Å²) in [6.45, 7) is 3.63. The predicted octanol–water partition coefficient (Wildman–Crippen LogP) is 1.75. The Kier molecular flexibility index (Phi) is 4.13. The fourth-order valence-corrected chi connectivity index (χ4v) is 2.82. The first kappa shape index (κ1) is 17.1. The SMILES string of the molecule is Cc1cc(C=C2C(=O)NC(=O)NC2=O)c(C)n1-c1ccc([N+](=O)[O-])cc1. The maximum atomic E-state index is 11.9. The van der Waals surface area contributed by atoms with E-state index in [0.29, 0.717) is 11.3 Å². The number of barbiturate groups is 1. The highest BCUT2D eigenvalue weighted by molar-refractivity contribution is 6.31. The van der Waals surface area contributed by atoms with Gasteiger partial charge in [0.2, 0.25) is 0 Å². The zero-order valence-electron chi connectivity index (χ0n) is 13.9. The van der Waals surface area contributed by atoms with Crippen LogP contribution >= 0.6 is 0 Å².